The Bertz CT molecular complexity index is 648. The summed E-state index contributed by atoms with van der Waals surface area (Å²) in [7, 11) is 5.17. The van der Waals surface area contributed by atoms with Crippen LogP contribution in [0.5, 0.6) is 0 Å². The van der Waals surface area contributed by atoms with E-state index in [1.165, 1.54) is 6.33 Å². The van der Waals surface area contributed by atoms with Crippen molar-refractivity contribution in [1.82, 2.24) is 24.8 Å². The number of nitrogens with two attached hydrogens (primary N) is 1. The van der Waals surface area contributed by atoms with E-state index in [0.29, 0.717) is 23.6 Å². The lowest BCUT2D eigenvalue weighted by molar-refractivity contribution is -0.0626. The zero-order valence-corrected chi connectivity index (χ0v) is 12.8. The molecule has 0 aliphatic carbocycles. The molecule has 0 radical (unpaired) electrons. The molecule has 22 heavy (non-hydrogen) atoms. The van der Waals surface area contributed by atoms with Gasteiger partial charge in [-0.2, -0.15) is 0 Å². The Labute approximate surface area is 127 Å². The van der Waals surface area contributed by atoms with Crippen LogP contribution >= 0.6 is 0 Å². The molecular weight excluding hydrogens is 288 g/mol. The molecular formula is C13H20N6O3. The molecule has 9 heteroatoms. The summed E-state index contributed by atoms with van der Waals surface area (Å²) in [5, 5.41) is 3.23. The molecule has 1 aliphatic heterocycles. The number of rotatable bonds is 5. The fourth-order valence-corrected chi connectivity index (χ4v) is 2.93. The molecule has 3 N–H and O–H groups in total. The van der Waals surface area contributed by atoms with Crippen molar-refractivity contribution >= 4 is 17.0 Å². The van der Waals surface area contributed by atoms with Gasteiger partial charge in [-0.15, -0.1) is 0 Å². The lowest BCUT2D eigenvalue weighted by Gasteiger charge is -2.22. The highest BCUT2D eigenvalue weighted by atomic mass is 16.6. The summed E-state index contributed by atoms with van der Waals surface area (Å²) in [4.78, 5) is 12.5. The van der Waals surface area contributed by atoms with E-state index in [1.807, 2.05) is 11.6 Å². The molecule has 2 aromatic heterocycles. The molecule has 0 bridgehead atoms. The molecule has 3 rings (SSSR count). The Balaban J connectivity index is 2.00. The summed E-state index contributed by atoms with van der Waals surface area (Å²) >= 11 is 0. The number of likely N-dealkylation sites (N-methyl/N-ethyl adjacent to an activating group) is 1. The highest BCUT2D eigenvalue weighted by molar-refractivity contribution is 5.81. The molecule has 2 aromatic rings. The van der Waals surface area contributed by atoms with Gasteiger partial charge in [0.25, 0.3) is 0 Å². The first kappa shape index (κ1) is 15.1. The van der Waals surface area contributed by atoms with E-state index < -0.39 is 0 Å². The molecule has 9 nitrogen and oxygen atoms in total. The molecule has 0 amide bonds. The van der Waals surface area contributed by atoms with Crippen LogP contribution in [-0.4, -0.2) is 65.6 Å². The average Bonchev–Trinajstić information content (AvgIpc) is 3.09. The monoisotopic (exact) mass is 308 g/mol. The third-order valence-corrected chi connectivity index (χ3v) is 3.95. The van der Waals surface area contributed by atoms with Gasteiger partial charge < -0.3 is 25.3 Å². The van der Waals surface area contributed by atoms with E-state index in [9.17, 15) is 0 Å². The molecule has 2 unspecified atom stereocenters. The summed E-state index contributed by atoms with van der Waals surface area (Å²) in [5.41, 5.74) is 7.00. The molecule has 1 aliphatic rings. The van der Waals surface area contributed by atoms with E-state index in [4.69, 9.17) is 19.9 Å². The smallest absolute Gasteiger partial charge is 0.167 e. The van der Waals surface area contributed by atoms with Gasteiger partial charge >= 0.3 is 0 Å². The maximum absolute atomic E-state index is 6.11. The first-order valence-electron chi connectivity index (χ1n) is 6.98. The number of anilines is 1. The molecule has 4 atom stereocenters. The Morgan fingerprint density at radius 1 is 1.36 bits per heavy atom. The van der Waals surface area contributed by atoms with Crippen LogP contribution in [0.1, 0.15) is 6.23 Å². The van der Waals surface area contributed by atoms with E-state index in [0.717, 1.165) is 0 Å². The van der Waals surface area contributed by atoms with Gasteiger partial charge in [-0.1, -0.05) is 0 Å². The van der Waals surface area contributed by atoms with Crippen molar-refractivity contribution in [3.63, 3.8) is 0 Å². The molecule has 120 valence electrons. The van der Waals surface area contributed by atoms with Crippen molar-refractivity contribution in [1.29, 1.82) is 0 Å². The van der Waals surface area contributed by atoms with Crippen LogP contribution in [0.4, 0.5) is 5.82 Å². The first-order valence-corrected chi connectivity index (χ1v) is 6.98. The predicted octanol–water partition coefficient (Wildman–Crippen LogP) is -0.445. The minimum atomic E-state index is -0.373. The first-order chi connectivity index (χ1) is 10.7. The normalized spacial score (nSPS) is 28.5. The van der Waals surface area contributed by atoms with Crippen molar-refractivity contribution in [2.24, 2.45) is 0 Å². The Hall–Kier alpha value is -1.81. The molecule has 3 heterocycles. The van der Waals surface area contributed by atoms with Gasteiger partial charge in [-0.25, -0.2) is 15.0 Å². The van der Waals surface area contributed by atoms with Crippen LogP contribution in [0.25, 0.3) is 11.2 Å². The second kappa shape index (κ2) is 6.13. The molecule has 1 saturated heterocycles. The number of nitrogens with zero attached hydrogens (tertiary/aromatic N) is 4. The van der Waals surface area contributed by atoms with Gasteiger partial charge in [0, 0.05) is 14.2 Å². The molecule has 1 fully saturated rings. The molecule has 0 saturated carbocycles. The van der Waals surface area contributed by atoms with Crippen LogP contribution in [-0.2, 0) is 14.2 Å². The van der Waals surface area contributed by atoms with Crippen LogP contribution in [0.2, 0.25) is 0 Å². The summed E-state index contributed by atoms with van der Waals surface area (Å²) in [6.07, 6.45) is 2.34. The zero-order valence-electron chi connectivity index (χ0n) is 12.8. The Morgan fingerprint density at radius 3 is 2.86 bits per heavy atom. The number of hydrogen-bond acceptors (Lipinski definition) is 8. The van der Waals surface area contributed by atoms with Gasteiger partial charge in [0.05, 0.1) is 19.0 Å². The fraction of sp³-hybridized carbons (Fsp3) is 0.615. The number of nitrogen functional groups attached to an aromatic ring is 1. The van der Waals surface area contributed by atoms with Crippen LogP contribution < -0.4 is 11.1 Å². The maximum atomic E-state index is 6.11. The van der Waals surface area contributed by atoms with Gasteiger partial charge in [-0.3, -0.25) is 4.57 Å². The van der Waals surface area contributed by atoms with E-state index in [1.54, 1.807) is 20.5 Å². The van der Waals surface area contributed by atoms with E-state index in [-0.39, 0.29) is 24.5 Å². The predicted molar refractivity (Wildman–Crippen MR) is 79.2 cm³/mol. The van der Waals surface area contributed by atoms with Crippen LogP contribution in [0.15, 0.2) is 12.7 Å². The molecule has 0 aromatic carbocycles. The van der Waals surface area contributed by atoms with Gasteiger partial charge in [0.2, 0.25) is 0 Å². The number of aromatic nitrogens is 4. The van der Waals surface area contributed by atoms with Crippen molar-refractivity contribution < 1.29 is 14.2 Å². The minimum Gasteiger partial charge on any atom is -0.382 e. The number of fused-ring (bicyclic) bond motifs is 1. The SMILES string of the molecule is CNC1C(OC)[C@H](n2cnc3c(N)ncnc32)O[C@@H]1COC. The zero-order chi connectivity index (χ0) is 15.7. The van der Waals surface area contributed by atoms with Crippen molar-refractivity contribution in [3.8, 4) is 0 Å². The minimum absolute atomic E-state index is 0.00779. The lowest BCUT2D eigenvalue weighted by atomic mass is 10.1. The summed E-state index contributed by atoms with van der Waals surface area (Å²) in [6, 6.07) is -0.00779. The number of hydrogen-bond donors (Lipinski definition) is 2. The van der Waals surface area contributed by atoms with Crippen molar-refractivity contribution in [2.45, 2.75) is 24.5 Å². The van der Waals surface area contributed by atoms with E-state index >= 15 is 0 Å². The Kier molecular flexibility index (Phi) is 4.21. The fourth-order valence-electron chi connectivity index (χ4n) is 2.93. The molecule has 0 spiro atoms. The quantitative estimate of drug-likeness (QED) is 0.765. The summed E-state index contributed by atoms with van der Waals surface area (Å²) in [5.74, 6) is 0.342. The van der Waals surface area contributed by atoms with Crippen molar-refractivity contribution in [2.75, 3.05) is 33.6 Å². The van der Waals surface area contributed by atoms with Crippen LogP contribution in [0, 0.1) is 0 Å². The van der Waals surface area contributed by atoms with Crippen molar-refractivity contribution in [3.05, 3.63) is 12.7 Å². The second-order valence-electron chi connectivity index (χ2n) is 5.12. The third kappa shape index (κ3) is 2.31. The highest BCUT2D eigenvalue weighted by Gasteiger charge is 2.45. The number of imidazole rings is 1. The number of nitrogens with one attached hydrogen (secondary N) is 1. The third-order valence-electron chi connectivity index (χ3n) is 3.95. The van der Waals surface area contributed by atoms with E-state index in [2.05, 4.69) is 20.3 Å². The van der Waals surface area contributed by atoms with Crippen LogP contribution in [0.3, 0.4) is 0 Å². The standard InChI is InChI=1S/C13H20N6O3/c1-15-8-7(4-20-2)22-13(10(8)21-3)19-6-18-9-11(14)16-5-17-12(9)19/h5-8,10,13,15H,4H2,1-3H3,(H2,14,16,17)/t7-,8?,10?,13-/m1/s1. The van der Waals surface area contributed by atoms with Gasteiger partial charge in [-0.05, 0) is 7.05 Å². The van der Waals surface area contributed by atoms with Gasteiger partial charge in [0.15, 0.2) is 17.7 Å². The number of ether oxygens (including phenoxy) is 3. The topological polar surface area (TPSA) is 109 Å². The second-order valence-corrected chi connectivity index (χ2v) is 5.12. The summed E-state index contributed by atoms with van der Waals surface area (Å²) in [6.45, 7) is 0.464. The van der Waals surface area contributed by atoms with Gasteiger partial charge in [0.1, 0.15) is 24.1 Å². The average molecular weight is 308 g/mol. The Morgan fingerprint density at radius 2 is 2.18 bits per heavy atom. The number of methoxy groups -OCH3 is 2. The highest BCUT2D eigenvalue weighted by Crippen LogP contribution is 2.33. The maximum Gasteiger partial charge on any atom is 0.167 e. The summed E-state index contributed by atoms with van der Waals surface area (Å²) < 4.78 is 18.8. The lowest BCUT2D eigenvalue weighted by Crippen LogP contribution is -2.44. The largest absolute Gasteiger partial charge is 0.382 e.